The fourth-order valence-corrected chi connectivity index (χ4v) is 3.55. The molecule has 0 heterocycles. The van der Waals surface area contributed by atoms with Crippen LogP contribution in [0.5, 0.6) is 5.75 Å². The zero-order valence-electron chi connectivity index (χ0n) is 10.8. The van der Waals surface area contributed by atoms with E-state index in [0.29, 0.717) is 13.2 Å². The maximum atomic E-state index is 12.4. The van der Waals surface area contributed by atoms with Crippen molar-refractivity contribution < 1.29 is 18.3 Å². The van der Waals surface area contributed by atoms with E-state index in [2.05, 4.69) is 0 Å². The van der Waals surface area contributed by atoms with E-state index in [0.717, 1.165) is 0 Å². The molecule has 5 nitrogen and oxygen atoms in total. The van der Waals surface area contributed by atoms with Crippen LogP contribution in [-0.2, 0) is 14.8 Å². The quantitative estimate of drug-likeness (QED) is 0.851. The normalized spacial score (nSPS) is 13.8. The molecule has 0 aliphatic carbocycles. The summed E-state index contributed by atoms with van der Waals surface area (Å²) >= 11 is 0. The average Bonchev–Trinajstić information content (AvgIpc) is 2.30. The molecular formula is C12H19NO4S. The van der Waals surface area contributed by atoms with Gasteiger partial charge in [0.25, 0.3) is 0 Å². The number of aromatic hydroxyl groups is 1. The maximum Gasteiger partial charge on any atom is 0.247 e. The molecule has 1 aromatic rings. The van der Waals surface area contributed by atoms with Crippen LogP contribution in [0.3, 0.4) is 0 Å². The lowest BCUT2D eigenvalue weighted by Crippen LogP contribution is -2.40. The Hall–Kier alpha value is -1.11. The van der Waals surface area contributed by atoms with Crippen molar-refractivity contribution in [3.63, 3.8) is 0 Å². The highest BCUT2D eigenvalue weighted by Gasteiger charge is 2.29. The first-order chi connectivity index (χ1) is 8.45. The van der Waals surface area contributed by atoms with Crippen LogP contribution in [0, 0.1) is 0 Å². The highest BCUT2D eigenvalue weighted by atomic mass is 32.2. The minimum Gasteiger partial charge on any atom is -0.507 e. The molecule has 1 rings (SSSR count). The Labute approximate surface area is 108 Å². The van der Waals surface area contributed by atoms with E-state index in [1.807, 2.05) is 0 Å². The molecule has 18 heavy (non-hydrogen) atoms. The number of methoxy groups -OCH3 is 1. The van der Waals surface area contributed by atoms with Crippen molar-refractivity contribution in [1.82, 2.24) is 4.31 Å². The Bertz CT molecular complexity index is 487. The van der Waals surface area contributed by atoms with E-state index >= 15 is 0 Å². The van der Waals surface area contributed by atoms with Crippen LogP contribution in [0.4, 0.5) is 0 Å². The molecule has 0 radical (unpaired) electrons. The standard InChI is InChI=1S/C12H19NO4S/c1-4-13(10(2)9-17-3)18(15,16)12-8-6-5-7-11(12)14/h5-8,10,14H,4,9H2,1-3H3. The third-order valence-corrected chi connectivity index (χ3v) is 4.80. The average molecular weight is 273 g/mol. The van der Waals surface area contributed by atoms with Crippen molar-refractivity contribution in [2.45, 2.75) is 24.8 Å². The summed E-state index contributed by atoms with van der Waals surface area (Å²) in [6.45, 7) is 4.15. The van der Waals surface area contributed by atoms with E-state index in [1.165, 1.54) is 23.5 Å². The number of phenols is 1. The highest BCUT2D eigenvalue weighted by molar-refractivity contribution is 7.89. The van der Waals surface area contributed by atoms with E-state index in [4.69, 9.17) is 4.74 Å². The summed E-state index contributed by atoms with van der Waals surface area (Å²) < 4.78 is 31.1. The number of benzene rings is 1. The second-order valence-corrected chi connectivity index (χ2v) is 5.84. The molecule has 1 unspecified atom stereocenters. The Kier molecular flexibility index (Phi) is 5.13. The van der Waals surface area contributed by atoms with Crippen molar-refractivity contribution in [3.8, 4) is 5.75 Å². The number of nitrogens with zero attached hydrogens (tertiary/aromatic N) is 1. The second kappa shape index (κ2) is 6.17. The molecule has 6 heteroatoms. The fourth-order valence-electron chi connectivity index (χ4n) is 1.84. The fraction of sp³-hybridized carbons (Fsp3) is 0.500. The van der Waals surface area contributed by atoms with E-state index in [9.17, 15) is 13.5 Å². The van der Waals surface area contributed by atoms with Gasteiger partial charge in [-0.2, -0.15) is 4.31 Å². The molecule has 0 fully saturated rings. The summed E-state index contributed by atoms with van der Waals surface area (Å²) in [5, 5.41) is 9.67. The van der Waals surface area contributed by atoms with Gasteiger partial charge < -0.3 is 9.84 Å². The molecule has 0 aromatic heterocycles. The highest BCUT2D eigenvalue weighted by Crippen LogP contribution is 2.26. The van der Waals surface area contributed by atoms with Gasteiger partial charge in [0.05, 0.1) is 6.61 Å². The largest absolute Gasteiger partial charge is 0.507 e. The Balaban J connectivity index is 3.15. The summed E-state index contributed by atoms with van der Waals surface area (Å²) in [7, 11) is -2.18. The van der Waals surface area contributed by atoms with Crippen molar-refractivity contribution in [1.29, 1.82) is 0 Å². The smallest absolute Gasteiger partial charge is 0.247 e. The number of phenolic OH excluding ortho intramolecular Hbond substituents is 1. The first-order valence-corrected chi connectivity index (χ1v) is 7.18. The predicted octanol–water partition coefficient (Wildman–Crippen LogP) is 1.44. The molecule has 0 aliphatic heterocycles. The second-order valence-electron chi connectivity index (χ2n) is 3.98. The van der Waals surface area contributed by atoms with Crippen molar-refractivity contribution in [3.05, 3.63) is 24.3 Å². The predicted molar refractivity (Wildman–Crippen MR) is 69.0 cm³/mol. The molecule has 0 amide bonds. The summed E-state index contributed by atoms with van der Waals surface area (Å²) in [5.41, 5.74) is 0. The van der Waals surface area contributed by atoms with Crippen molar-refractivity contribution in [2.75, 3.05) is 20.3 Å². The van der Waals surface area contributed by atoms with Crippen LogP contribution in [0.1, 0.15) is 13.8 Å². The first kappa shape index (κ1) is 14.9. The van der Waals surface area contributed by atoms with Gasteiger partial charge in [0, 0.05) is 19.7 Å². The third-order valence-electron chi connectivity index (χ3n) is 2.66. The zero-order chi connectivity index (χ0) is 13.8. The number of hydrogen-bond donors (Lipinski definition) is 1. The van der Waals surface area contributed by atoms with Crippen LogP contribution in [-0.4, -0.2) is 44.1 Å². The molecule has 1 atom stereocenters. The minimum atomic E-state index is -3.70. The summed E-state index contributed by atoms with van der Waals surface area (Å²) in [5.74, 6) is -0.236. The molecule has 0 aliphatic rings. The van der Waals surface area contributed by atoms with E-state index < -0.39 is 10.0 Å². The first-order valence-electron chi connectivity index (χ1n) is 5.74. The molecule has 1 N–H and O–H groups in total. The van der Waals surface area contributed by atoms with Crippen molar-refractivity contribution in [2.24, 2.45) is 0 Å². The van der Waals surface area contributed by atoms with Crippen LogP contribution in [0.15, 0.2) is 29.2 Å². The molecule has 1 aromatic carbocycles. The SMILES string of the molecule is CCN(C(C)COC)S(=O)(=O)c1ccccc1O. The van der Waals surface area contributed by atoms with Gasteiger partial charge >= 0.3 is 0 Å². The van der Waals surface area contributed by atoms with Gasteiger partial charge in [-0.15, -0.1) is 0 Å². The van der Waals surface area contributed by atoms with Gasteiger partial charge in [0.15, 0.2) is 0 Å². The Morgan fingerprint density at radius 3 is 2.50 bits per heavy atom. The van der Waals surface area contributed by atoms with Gasteiger partial charge in [0.1, 0.15) is 10.6 Å². The summed E-state index contributed by atoms with van der Waals surface area (Å²) in [6, 6.07) is 5.64. The molecular weight excluding hydrogens is 254 g/mol. The molecule has 0 saturated carbocycles. The number of likely N-dealkylation sites (N-methyl/N-ethyl adjacent to an activating group) is 1. The third kappa shape index (κ3) is 3.01. The number of hydrogen-bond acceptors (Lipinski definition) is 4. The van der Waals surface area contributed by atoms with Crippen molar-refractivity contribution >= 4 is 10.0 Å². The molecule has 0 spiro atoms. The van der Waals surface area contributed by atoms with E-state index in [-0.39, 0.29) is 16.7 Å². The monoisotopic (exact) mass is 273 g/mol. The lowest BCUT2D eigenvalue weighted by atomic mass is 10.3. The van der Waals surface area contributed by atoms with Crippen LogP contribution < -0.4 is 0 Å². The molecule has 0 bridgehead atoms. The molecule has 102 valence electrons. The maximum absolute atomic E-state index is 12.4. The Morgan fingerprint density at radius 2 is 2.00 bits per heavy atom. The summed E-state index contributed by atoms with van der Waals surface area (Å²) in [4.78, 5) is -0.0743. The summed E-state index contributed by atoms with van der Waals surface area (Å²) in [6.07, 6.45) is 0. The van der Waals surface area contributed by atoms with Gasteiger partial charge in [-0.1, -0.05) is 19.1 Å². The van der Waals surface area contributed by atoms with Gasteiger partial charge in [-0.05, 0) is 19.1 Å². The van der Waals surface area contributed by atoms with Crippen LogP contribution >= 0.6 is 0 Å². The van der Waals surface area contributed by atoms with Gasteiger partial charge in [0.2, 0.25) is 10.0 Å². The number of rotatable bonds is 6. The minimum absolute atomic E-state index is 0.0743. The van der Waals surface area contributed by atoms with Gasteiger partial charge in [-0.25, -0.2) is 8.42 Å². The number of ether oxygens (including phenoxy) is 1. The lowest BCUT2D eigenvalue weighted by Gasteiger charge is -2.26. The lowest BCUT2D eigenvalue weighted by molar-refractivity contribution is 0.142. The van der Waals surface area contributed by atoms with Crippen LogP contribution in [0.2, 0.25) is 0 Å². The van der Waals surface area contributed by atoms with Gasteiger partial charge in [-0.3, -0.25) is 0 Å². The number of sulfonamides is 1. The number of para-hydroxylation sites is 1. The Morgan fingerprint density at radius 1 is 1.39 bits per heavy atom. The topological polar surface area (TPSA) is 66.8 Å². The van der Waals surface area contributed by atoms with Crippen LogP contribution in [0.25, 0.3) is 0 Å². The van der Waals surface area contributed by atoms with E-state index in [1.54, 1.807) is 26.0 Å². The zero-order valence-corrected chi connectivity index (χ0v) is 11.6. The molecule has 0 saturated heterocycles.